The highest BCUT2D eigenvalue weighted by Crippen LogP contribution is 2.32. The Morgan fingerprint density at radius 1 is 1.19 bits per heavy atom. The summed E-state index contributed by atoms with van der Waals surface area (Å²) in [6.45, 7) is 4.50. The third-order valence-electron chi connectivity index (χ3n) is 5.47. The van der Waals surface area contributed by atoms with Gasteiger partial charge in [-0.05, 0) is 43.2 Å². The SMILES string of the molecule is Cc1ccc(NC(=O)CSC2=N[C@@H]3CS(=O)(=O)C[C@H]3N2Cc2ccc(Cl)cc2)c(C)c1. The summed E-state index contributed by atoms with van der Waals surface area (Å²) in [7, 11) is -3.10. The molecule has 0 spiro atoms. The van der Waals surface area contributed by atoms with Crippen molar-refractivity contribution in [3.05, 3.63) is 64.2 Å². The Bertz CT molecular complexity index is 1130. The van der Waals surface area contributed by atoms with E-state index in [0.717, 1.165) is 27.5 Å². The molecule has 6 nitrogen and oxygen atoms in total. The number of anilines is 1. The summed E-state index contributed by atoms with van der Waals surface area (Å²) in [6, 6.07) is 12.9. The van der Waals surface area contributed by atoms with Crippen molar-refractivity contribution in [3.63, 3.8) is 0 Å². The molecule has 164 valence electrons. The van der Waals surface area contributed by atoms with Gasteiger partial charge in [0.1, 0.15) is 0 Å². The molecule has 2 aliphatic rings. The van der Waals surface area contributed by atoms with Gasteiger partial charge in [0.05, 0.1) is 29.3 Å². The van der Waals surface area contributed by atoms with Crippen molar-refractivity contribution in [1.29, 1.82) is 0 Å². The van der Waals surface area contributed by atoms with E-state index >= 15 is 0 Å². The molecular formula is C22H24ClN3O3S2. The summed E-state index contributed by atoms with van der Waals surface area (Å²) in [5.41, 5.74) is 3.97. The van der Waals surface area contributed by atoms with Crippen molar-refractivity contribution in [2.24, 2.45) is 4.99 Å². The highest BCUT2D eigenvalue weighted by molar-refractivity contribution is 8.14. The Labute approximate surface area is 192 Å². The zero-order valence-electron chi connectivity index (χ0n) is 17.3. The van der Waals surface area contributed by atoms with Crippen LogP contribution in [0.3, 0.4) is 0 Å². The number of hydrogen-bond donors (Lipinski definition) is 1. The number of amidine groups is 1. The van der Waals surface area contributed by atoms with Gasteiger partial charge in [-0.2, -0.15) is 0 Å². The van der Waals surface area contributed by atoms with E-state index in [4.69, 9.17) is 11.6 Å². The van der Waals surface area contributed by atoms with Gasteiger partial charge in [-0.25, -0.2) is 8.42 Å². The van der Waals surface area contributed by atoms with Crippen LogP contribution in [0.15, 0.2) is 47.5 Å². The highest BCUT2D eigenvalue weighted by atomic mass is 35.5. The number of fused-ring (bicyclic) bond motifs is 1. The van der Waals surface area contributed by atoms with Crippen LogP contribution in [-0.2, 0) is 21.2 Å². The molecule has 2 aliphatic heterocycles. The predicted molar refractivity (Wildman–Crippen MR) is 128 cm³/mol. The van der Waals surface area contributed by atoms with E-state index < -0.39 is 9.84 Å². The largest absolute Gasteiger partial charge is 0.341 e. The molecule has 2 heterocycles. The number of aryl methyl sites for hydroxylation is 2. The molecule has 1 amide bonds. The van der Waals surface area contributed by atoms with E-state index in [1.54, 1.807) is 0 Å². The first-order valence-corrected chi connectivity index (χ1v) is 13.2. The van der Waals surface area contributed by atoms with E-state index in [9.17, 15) is 13.2 Å². The lowest BCUT2D eigenvalue weighted by molar-refractivity contribution is -0.113. The summed E-state index contributed by atoms with van der Waals surface area (Å²) in [5, 5.41) is 4.32. The first-order chi connectivity index (χ1) is 14.7. The van der Waals surface area contributed by atoms with E-state index in [2.05, 4.69) is 10.3 Å². The monoisotopic (exact) mass is 477 g/mol. The second-order valence-electron chi connectivity index (χ2n) is 8.03. The fourth-order valence-corrected chi connectivity index (χ4v) is 6.86. The van der Waals surface area contributed by atoms with Gasteiger partial charge in [0, 0.05) is 17.3 Å². The van der Waals surface area contributed by atoms with E-state index in [0.29, 0.717) is 11.6 Å². The number of aliphatic imine (C=N–C) groups is 1. The molecule has 1 N–H and O–H groups in total. The van der Waals surface area contributed by atoms with Crippen LogP contribution in [0.25, 0.3) is 0 Å². The van der Waals surface area contributed by atoms with Gasteiger partial charge in [-0.1, -0.05) is 53.2 Å². The number of carbonyl (C=O) groups is 1. The number of sulfone groups is 1. The number of nitrogens with zero attached hydrogens (tertiary/aromatic N) is 2. The third-order valence-corrected chi connectivity index (χ3v) is 8.43. The number of benzene rings is 2. The van der Waals surface area contributed by atoms with Gasteiger partial charge < -0.3 is 10.2 Å². The Kier molecular flexibility index (Phi) is 6.32. The third kappa shape index (κ3) is 5.25. The molecule has 0 saturated carbocycles. The van der Waals surface area contributed by atoms with Crippen molar-refractivity contribution in [1.82, 2.24) is 4.90 Å². The molecule has 1 fully saturated rings. The molecule has 0 radical (unpaired) electrons. The fourth-order valence-electron chi connectivity index (χ4n) is 3.95. The van der Waals surface area contributed by atoms with Crippen molar-refractivity contribution < 1.29 is 13.2 Å². The van der Waals surface area contributed by atoms with Crippen molar-refractivity contribution in [2.75, 3.05) is 22.6 Å². The molecule has 31 heavy (non-hydrogen) atoms. The topological polar surface area (TPSA) is 78.8 Å². The average Bonchev–Trinajstić information content (AvgIpc) is 3.16. The Morgan fingerprint density at radius 3 is 2.65 bits per heavy atom. The molecule has 0 bridgehead atoms. The lowest BCUT2D eigenvalue weighted by atomic mass is 10.1. The number of amides is 1. The molecule has 0 aromatic heterocycles. The summed E-state index contributed by atoms with van der Waals surface area (Å²) in [4.78, 5) is 19.2. The Hall–Kier alpha value is -2.03. The lowest BCUT2D eigenvalue weighted by Crippen LogP contribution is -2.38. The predicted octanol–water partition coefficient (Wildman–Crippen LogP) is 3.67. The molecule has 2 atom stereocenters. The smallest absolute Gasteiger partial charge is 0.234 e. The van der Waals surface area contributed by atoms with Crippen LogP contribution in [-0.4, -0.2) is 53.7 Å². The summed E-state index contributed by atoms with van der Waals surface area (Å²) < 4.78 is 24.3. The van der Waals surface area contributed by atoms with Crippen LogP contribution in [0.4, 0.5) is 5.69 Å². The number of carbonyl (C=O) groups excluding carboxylic acids is 1. The molecule has 2 aromatic rings. The maximum atomic E-state index is 12.5. The Morgan fingerprint density at radius 2 is 1.94 bits per heavy atom. The number of nitrogens with one attached hydrogen (secondary N) is 1. The van der Waals surface area contributed by atoms with Crippen LogP contribution < -0.4 is 5.32 Å². The first kappa shape index (κ1) is 22.2. The quantitative estimate of drug-likeness (QED) is 0.710. The molecule has 0 unspecified atom stereocenters. The molecular weight excluding hydrogens is 454 g/mol. The van der Waals surface area contributed by atoms with Crippen LogP contribution in [0.2, 0.25) is 5.02 Å². The van der Waals surface area contributed by atoms with E-state index in [1.807, 2.05) is 61.2 Å². The van der Waals surface area contributed by atoms with Gasteiger partial charge in [-0.15, -0.1) is 0 Å². The molecule has 2 aromatic carbocycles. The van der Waals surface area contributed by atoms with Crippen LogP contribution >= 0.6 is 23.4 Å². The van der Waals surface area contributed by atoms with Crippen LogP contribution in [0, 0.1) is 13.8 Å². The van der Waals surface area contributed by atoms with Crippen LogP contribution in [0.5, 0.6) is 0 Å². The minimum Gasteiger partial charge on any atom is -0.341 e. The van der Waals surface area contributed by atoms with Gasteiger partial charge in [0.2, 0.25) is 5.91 Å². The summed E-state index contributed by atoms with van der Waals surface area (Å²) >= 11 is 7.34. The van der Waals surface area contributed by atoms with Crippen molar-refractivity contribution in [3.8, 4) is 0 Å². The molecule has 4 rings (SSSR count). The standard InChI is InChI=1S/C22H24ClN3O3S2/c1-14-3-8-18(15(2)9-14)24-21(27)11-30-22-25-19-12-31(28,29)13-20(19)26(22)10-16-4-6-17(23)7-5-16/h3-9,19-20H,10-13H2,1-2H3,(H,24,27)/t19-,20-/m1/s1. The van der Waals surface area contributed by atoms with Gasteiger partial charge in [0.25, 0.3) is 0 Å². The lowest BCUT2D eigenvalue weighted by Gasteiger charge is -2.26. The zero-order valence-corrected chi connectivity index (χ0v) is 19.7. The minimum absolute atomic E-state index is 0.0631. The second-order valence-corrected chi connectivity index (χ2v) is 11.6. The van der Waals surface area contributed by atoms with Gasteiger partial charge in [0.15, 0.2) is 15.0 Å². The number of halogens is 1. The van der Waals surface area contributed by atoms with E-state index in [1.165, 1.54) is 11.8 Å². The van der Waals surface area contributed by atoms with Gasteiger partial charge >= 0.3 is 0 Å². The van der Waals surface area contributed by atoms with Crippen molar-refractivity contribution >= 4 is 50.0 Å². The Balaban J connectivity index is 1.45. The first-order valence-electron chi connectivity index (χ1n) is 9.99. The maximum Gasteiger partial charge on any atom is 0.234 e. The average molecular weight is 478 g/mol. The molecule has 0 aliphatic carbocycles. The second kappa shape index (κ2) is 8.84. The van der Waals surface area contributed by atoms with Crippen molar-refractivity contribution in [2.45, 2.75) is 32.5 Å². The number of thioether (sulfide) groups is 1. The fraction of sp³-hybridized carbons (Fsp3) is 0.364. The summed E-state index contributed by atoms with van der Waals surface area (Å²) in [6.07, 6.45) is 0. The minimum atomic E-state index is -3.10. The molecule has 1 saturated heterocycles. The number of hydrogen-bond acceptors (Lipinski definition) is 6. The maximum absolute atomic E-state index is 12.5. The summed E-state index contributed by atoms with van der Waals surface area (Å²) in [5.74, 6) is 0.243. The zero-order chi connectivity index (χ0) is 22.2. The normalized spacial score (nSPS) is 21.6. The van der Waals surface area contributed by atoms with E-state index in [-0.39, 0.29) is 35.2 Å². The van der Waals surface area contributed by atoms with Crippen LogP contribution in [0.1, 0.15) is 16.7 Å². The molecule has 9 heteroatoms. The van der Waals surface area contributed by atoms with Gasteiger partial charge in [-0.3, -0.25) is 9.79 Å². The highest BCUT2D eigenvalue weighted by Gasteiger charge is 2.46. The number of rotatable bonds is 5.